The van der Waals surface area contributed by atoms with Crippen LogP contribution in [0.5, 0.6) is 5.75 Å². The third-order valence-electron chi connectivity index (χ3n) is 5.49. The summed E-state index contributed by atoms with van der Waals surface area (Å²) in [4.78, 5) is 18.1. The summed E-state index contributed by atoms with van der Waals surface area (Å²) in [6.45, 7) is 1.75. The van der Waals surface area contributed by atoms with Gasteiger partial charge in [-0.25, -0.2) is 4.98 Å². The monoisotopic (exact) mass is 519 g/mol. The smallest absolute Gasteiger partial charge is 0.259 e. The number of hydrogen-bond acceptors (Lipinski definition) is 7. The minimum absolute atomic E-state index is 0.299. The number of hydrogen-bond donors (Lipinski definition) is 0. The fourth-order valence-electron chi connectivity index (χ4n) is 3.84. The van der Waals surface area contributed by atoms with Crippen LogP contribution in [0, 0.1) is 34.5 Å². The van der Waals surface area contributed by atoms with Gasteiger partial charge in [-0.05, 0) is 48.9 Å². The van der Waals surface area contributed by atoms with Crippen molar-refractivity contribution < 1.29 is 9.53 Å². The van der Waals surface area contributed by atoms with Gasteiger partial charge in [0.05, 0.1) is 30.9 Å². The highest BCUT2D eigenvalue weighted by Crippen LogP contribution is 2.40. The maximum Gasteiger partial charge on any atom is 0.259 e. The van der Waals surface area contributed by atoms with Crippen LogP contribution in [0.2, 0.25) is 0 Å². The van der Waals surface area contributed by atoms with E-state index in [1.54, 1.807) is 14.0 Å². The summed E-state index contributed by atoms with van der Waals surface area (Å²) in [6.07, 6.45) is 0. The van der Waals surface area contributed by atoms with E-state index in [-0.39, 0.29) is 5.91 Å². The quantitative estimate of drug-likeness (QED) is 0.435. The van der Waals surface area contributed by atoms with Gasteiger partial charge in [0.25, 0.3) is 5.91 Å². The fraction of sp³-hybridized carbons (Fsp3) is 0.208. The van der Waals surface area contributed by atoms with E-state index < -0.39 is 17.8 Å². The van der Waals surface area contributed by atoms with E-state index in [9.17, 15) is 15.3 Å². The summed E-state index contributed by atoms with van der Waals surface area (Å²) >= 11 is 4.71. The van der Waals surface area contributed by atoms with Crippen LogP contribution in [-0.4, -0.2) is 23.7 Å². The zero-order chi connectivity index (χ0) is 23.5. The Labute approximate surface area is 203 Å². The van der Waals surface area contributed by atoms with Crippen LogP contribution in [0.25, 0.3) is 11.3 Å². The van der Waals surface area contributed by atoms with Crippen molar-refractivity contribution in [1.82, 2.24) is 4.98 Å². The number of thiazole rings is 1. The Bertz CT molecular complexity index is 1270. The second-order valence-electron chi connectivity index (χ2n) is 7.43. The molecular formula is C24H18BrN5O2S. The van der Waals surface area contributed by atoms with E-state index in [4.69, 9.17) is 4.74 Å². The van der Waals surface area contributed by atoms with Crippen molar-refractivity contribution in [3.8, 4) is 29.1 Å². The minimum atomic E-state index is -1.00. The highest BCUT2D eigenvalue weighted by atomic mass is 79.9. The standard InChI is InChI=1S/C24H18BrN5O2S/c1-14-21(22(17(11-26)12-27)16-3-7-18(25)8-4-16)23(31)30(29-14)24-28-20(13-33-24)15-5-9-19(32-2)10-6-15/h3-10,13,17,21-22H,1-2H3/t21-,22+/m0/s1. The van der Waals surface area contributed by atoms with Gasteiger partial charge >= 0.3 is 0 Å². The number of nitriles is 2. The van der Waals surface area contributed by atoms with Crippen molar-refractivity contribution in [3.63, 3.8) is 0 Å². The lowest BCUT2D eigenvalue weighted by atomic mass is 9.76. The number of nitrogens with zero attached hydrogens (tertiary/aromatic N) is 5. The number of carbonyl (C=O) groups is 1. The van der Waals surface area contributed by atoms with Gasteiger partial charge < -0.3 is 4.74 Å². The molecule has 1 aliphatic heterocycles. The molecule has 0 spiro atoms. The van der Waals surface area contributed by atoms with E-state index in [2.05, 4.69) is 38.2 Å². The zero-order valence-corrected chi connectivity index (χ0v) is 20.2. The maximum absolute atomic E-state index is 13.5. The number of methoxy groups -OCH3 is 1. The number of rotatable bonds is 6. The molecule has 1 aliphatic rings. The number of amides is 1. The predicted octanol–water partition coefficient (Wildman–Crippen LogP) is 5.37. The predicted molar refractivity (Wildman–Crippen MR) is 130 cm³/mol. The Balaban J connectivity index is 1.66. The zero-order valence-electron chi connectivity index (χ0n) is 17.8. The van der Waals surface area contributed by atoms with Crippen molar-refractivity contribution in [1.29, 1.82) is 10.5 Å². The summed E-state index contributed by atoms with van der Waals surface area (Å²) < 4.78 is 6.06. The second kappa shape index (κ2) is 9.53. The number of anilines is 1. The Hall–Kier alpha value is -3.53. The van der Waals surface area contributed by atoms with E-state index in [1.165, 1.54) is 16.3 Å². The number of aromatic nitrogens is 1. The molecular weight excluding hydrogens is 502 g/mol. The summed E-state index contributed by atoms with van der Waals surface area (Å²) in [5, 5.41) is 27.3. The summed E-state index contributed by atoms with van der Waals surface area (Å²) in [7, 11) is 1.61. The number of carbonyl (C=O) groups excluding carboxylic acids is 1. The number of hydrazone groups is 1. The van der Waals surface area contributed by atoms with Crippen LogP contribution in [-0.2, 0) is 4.79 Å². The molecule has 0 fully saturated rings. The van der Waals surface area contributed by atoms with Crippen LogP contribution < -0.4 is 9.75 Å². The largest absolute Gasteiger partial charge is 0.497 e. The molecule has 2 heterocycles. The Morgan fingerprint density at radius 1 is 1.12 bits per heavy atom. The van der Waals surface area contributed by atoms with Gasteiger partial charge in [-0.15, -0.1) is 11.3 Å². The molecule has 0 radical (unpaired) electrons. The van der Waals surface area contributed by atoms with E-state index in [0.717, 1.165) is 27.0 Å². The van der Waals surface area contributed by atoms with Crippen molar-refractivity contribution in [2.75, 3.05) is 12.1 Å². The molecule has 0 bridgehead atoms. The average Bonchev–Trinajstić information content (AvgIpc) is 3.43. The minimum Gasteiger partial charge on any atom is -0.497 e. The van der Waals surface area contributed by atoms with E-state index >= 15 is 0 Å². The summed E-state index contributed by atoms with van der Waals surface area (Å²) in [5.74, 6) is -1.93. The Morgan fingerprint density at radius 3 is 2.39 bits per heavy atom. The number of ether oxygens (including phenoxy) is 1. The van der Waals surface area contributed by atoms with Crippen molar-refractivity contribution in [2.45, 2.75) is 12.8 Å². The van der Waals surface area contributed by atoms with Gasteiger partial charge in [-0.3, -0.25) is 4.79 Å². The van der Waals surface area contributed by atoms with Crippen LogP contribution in [0.4, 0.5) is 5.13 Å². The first-order valence-corrected chi connectivity index (χ1v) is 11.7. The molecule has 9 heteroatoms. The molecule has 164 valence electrons. The van der Waals surface area contributed by atoms with Gasteiger partial charge in [0.1, 0.15) is 11.7 Å². The highest BCUT2D eigenvalue weighted by Gasteiger charge is 2.45. The van der Waals surface area contributed by atoms with Crippen LogP contribution in [0.3, 0.4) is 0 Å². The highest BCUT2D eigenvalue weighted by molar-refractivity contribution is 9.10. The third-order valence-corrected chi connectivity index (χ3v) is 6.84. The summed E-state index contributed by atoms with van der Waals surface area (Å²) in [6, 6.07) is 18.9. The first-order valence-electron chi connectivity index (χ1n) is 10.0. The SMILES string of the molecule is COc1ccc(-c2csc(N3N=C(C)[C@@H]([C@H](c4ccc(Br)cc4)C(C#N)C#N)C3=O)n2)cc1. The molecule has 0 saturated carbocycles. The van der Waals surface area contributed by atoms with Crippen molar-refractivity contribution >= 4 is 44.0 Å². The van der Waals surface area contributed by atoms with Crippen LogP contribution in [0.1, 0.15) is 18.4 Å². The molecule has 4 rings (SSSR count). The second-order valence-corrected chi connectivity index (χ2v) is 9.18. The molecule has 2 aromatic carbocycles. The Morgan fingerprint density at radius 2 is 1.79 bits per heavy atom. The number of halogens is 1. The Kier molecular flexibility index (Phi) is 6.55. The molecule has 0 aliphatic carbocycles. The molecule has 0 N–H and O–H groups in total. The topological polar surface area (TPSA) is 102 Å². The summed E-state index contributed by atoms with van der Waals surface area (Å²) in [5.41, 5.74) is 2.89. The molecule has 7 nitrogen and oxygen atoms in total. The maximum atomic E-state index is 13.5. The molecule has 33 heavy (non-hydrogen) atoms. The first-order chi connectivity index (χ1) is 16.0. The lowest BCUT2D eigenvalue weighted by Crippen LogP contribution is -2.34. The first kappa shape index (κ1) is 22.7. The molecule has 1 amide bonds. The molecule has 2 atom stereocenters. The van der Waals surface area contributed by atoms with Crippen molar-refractivity contribution in [3.05, 3.63) is 63.9 Å². The molecule has 1 aromatic heterocycles. The normalized spacial score (nSPS) is 16.3. The van der Waals surface area contributed by atoms with Gasteiger partial charge in [-0.1, -0.05) is 28.1 Å². The van der Waals surface area contributed by atoms with Gasteiger partial charge in [0.15, 0.2) is 0 Å². The lowest BCUT2D eigenvalue weighted by molar-refractivity contribution is -0.120. The lowest BCUT2D eigenvalue weighted by Gasteiger charge is -2.24. The third kappa shape index (κ3) is 4.38. The molecule has 0 saturated heterocycles. The molecule has 3 aromatic rings. The average molecular weight is 520 g/mol. The van der Waals surface area contributed by atoms with Gasteiger partial charge in [-0.2, -0.15) is 20.6 Å². The molecule has 0 unspecified atom stereocenters. The number of benzene rings is 2. The van der Waals surface area contributed by atoms with Gasteiger partial charge in [0, 0.05) is 27.0 Å². The fourth-order valence-corrected chi connectivity index (χ4v) is 4.89. The van der Waals surface area contributed by atoms with Crippen LogP contribution >= 0.6 is 27.3 Å². The van der Waals surface area contributed by atoms with E-state index in [0.29, 0.717) is 10.8 Å². The van der Waals surface area contributed by atoms with Crippen molar-refractivity contribution in [2.24, 2.45) is 16.9 Å². The van der Waals surface area contributed by atoms with Gasteiger partial charge in [0.2, 0.25) is 5.13 Å². The van der Waals surface area contributed by atoms with Crippen LogP contribution in [0.15, 0.2) is 63.5 Å². The van der Waals surface area contributed by atoms with E-state index in [1.807, 2.05) is 53.9 Å².